The van der Waals surface area contributed by atoms with Gasteiger partial charge in [0.15, 0.2) is 0 Å². The highest BCUT2D eigenvalue weighted by molar-refractivity contribution is 8.06. The SMILES string of the molecule is Cc1ccc(SC(C)(C)P(=O)(O)O)cc1. The summed E-state index contributed by atoms with van der Waals surface area (Å²) >= 11 is 1.20. The van der Waals surface area contributed by atoms with Gasteiger partial charge in [-0.1, -0.05) is 17.7 Å². The number of aryl methyl sites for hydroxylation is 1. The van der Waals surface area contributed by atoms with E-state index in [0.29, 0.717) is 0 Å². The Morgan fingerprint density at radius 1 is 1.20 bits per heavy atom. The van der Waals surface area contributed by atoms with E-state index in [1.54, 1.807) is 13.8 Å². The van der Waals surface area contributed by atoms with Crippen LogP contribution in [0.15, 0.2) is 29.2 Å². The molecule has 0 aliphatic heterocycles. The monoisotopic (exact) mass is 246 g/mol. The molecule has 0 spiro atoms. The Morgan fingerprint density at radius 3 is 2.07 bits per heavy atom. The molecule has 0 aliphatic rings. The Balaban J connectivity index is 2.87. The lowest BCUT2D eigenvalue weighted by molar-refractivity contribution is 0.358. The van der Waals surface area contributed by atoms with Gasteiger partial charge < -0.3 is 9.79 Å². The zero-order valence-electron chi connectivity index (χ0n) is 8.97. The van der Waals surface area contributed by atoms with E-state index in [4.69, 9.17) is 9.79 Å². The molecule has 5 heteroatoms. The summed E-state index contributed by atoms with van der Waals surface area (Å²) in [4.78, 5) is 19.2. The molecule has 1 aromatic carbocycles. The molecule has 0 amide bonds. The first-order valence-corrected chi connectivity index (χ1v) is 6.96. The minimum atomic E-state index is -4.08. The van der Waals surface area contributed by atoms with Crippen LogP contribution < -0.4 is 0 Å². The van der Waals surface area contributed by atoms with Crippen molar-refractivity contribution >= 4 is 19.4 Å². The predicted molar refractivity (Wildman–Crippen MR) is 63.2 cm³/mol. The number of hydrogen-bond acceptors (Lipinski definition) is 2. The van der Waals surface area contributed by atoms with Crippen LogP contribution in [0, 0.1) is 6.92 Å². The van der Waals surface area contributed by atoms with Crippen molar-refractivity contribution in [3.05, 3.63) is 29.8 Å². The molecule has 0 heterocycles. The topological polar surface area (TPSA) is 57.5 Å². The van der Waals surface area contributed by atoms with Crippen molar-refractivity contribution in [3.8, 4) is 0 Å². The predicted octanol–water partition coefficient (Wildman–Crippen LogP) is 3.00. The van der Waals surface area contributed by atoms with E-state index in [1.807, 2.05) is 31.2 Å². The zero-order chi connectivity index (χ0) is 11.7. The van der Waals surface area contributed by atoms with Crippen molar-refractivity contribution in [1.29, 1.82) is 0 Å². The van der Waals surface area contributed by atoms with Gasteiger partial charge in [0, 0.05) is 4.90 Å². The lowest BCUT2D eigenvalue weighted by Gasteiger charge is -2.24. The molecule has 0 saturated heterocycles. The van der Waals surface area contributed by atoms with Crippen molar-refractivity contribution < 1.29 is 14.4 Å². The van der Waals surface area contributed by atoms with Crippen LogP contribution in [0.25, 0.3) is 0 Å². The van der Waals surface area contributed by atoms with Gasteiger partial charge in [-0.2, -0.15) is 0 Å². The van der Waals surface area contributed by atoms with Crippen LogP contribution in [0.4, 0.5) is 0 Å². The summed E-state index contributed by atoms with van der Waals surface area (Å²) in [7, 11) is -4.08. The maximum Gasteiger partial charge on any atom is 0.341 e. The standard InChI is InChI=1S/C10H15O3PS/c1-8-4-6-9(7-5-8)15-10(2,3)14(11,12)13/h4-7H,1-3H3,(H2,11,12,13). The summed E-state index contributed by atoms with van der Waals surface area (Å²) in [5.41, 5.74) is 1.13. The Bertz CT molecular complexity index is 380. The third-order valence-electron chi connectivity index (χ3n) is 2.09. The second-order valence-electron chi connectivity index (χ2n) is 3.91. The molecule has 15 heavy (non-hydrogen) atoms. The highest BCUT2D eigenvalue weighted by Gasteiger charge is 2.38. The summed E-state index contributed by atoms with van der Waals surface area (Å²) in [5, 5.41) is 0. The minimum absolute atomic E-state index is 0.869. The van der Waals surface area contributed by atoms with Crippen LogP contribution in [0.1, 0.15) is 19.4 Å². The lowest BCUT2D eigenvalue weighted by atomic mass is 10.2. The lowest BCUT2D eigenvalue weighted by Crippen LogP contribution is -2.14. The van der Waals surface area contributed by atoms with Gasteiger partial charge >= 0.3 is 7.60 Å². The number of benzene rings is 1. The van der Waals surface area contributed by atoms with Crippen LogP contribution in [-0.4, -0.2) is 14.3 Å². The van der Waals surface area contributed by atoms with Crippen molar-refractivity contribution in [2.24, 2.45) is 0 Å². The highest BCUT2D eigenvalue weighted by Crippen LogP contribution is 2.58. The molecule has 1 aromatic rings. The van der Waals surface area contributed by atoms with Gasteiger partial charge in [-0.3, -0.25) is 4.57 Å². The summed E-state index contributed by atoms with van der Waals surface area (Å²) in [6.07, 6.45) is 0. The third kappa shape index (κ3) is 3.35. The molecular weight excluding hydrogens is 231 g/mol. The van der Waals surface area contributed by atoms with E-state index in [0.717, 1.165) is 10.5 Å². The first kappa shape index (κ1) is 12.8. The average Bonchev–Trinajstić information content (AvgIpc) is 2.06. The molecule has 3 nitrogen and oxygen atoms in total. The molecule has 84 valence electrons. The number of thioether (sulfide) groups is 1. The maximum atomic E-state index is 11.2. The fourth-order valence-corrected chi connectivity index (χ4v) is 2.60. The first-order valence-electron chi connectivity index (χ1n) is 4.54. The van der Waals surface area contributed by atoms with Crippen LogP contribution in [0.2, 0.25) is 0 Å². The van der Waals surface area contributed by atoms with Crippen molar-refractivity contribution in [2.45, 2.75) is 30.2 Å². The fourth-order valence-electron chi connectivity index (χ4n) is 0.954. The minimum Gasteiger partial charge on any atom is -0.323 e. The van der Waals surface area contributed by atoms with Gasteiger partial charge in [-0.05, 0) is 32.9 Å². The molecule has 0 bridgehead atoms. The van der Waals surface area contributed by atoms with Crippen molar-refractivity contribution in [2.75, 3.05) is 0 Å². The Labute approximate surface area is 94.1 Å². The Morgan fingerprint density at radius 2 is 1.67 bits per heavy atom. The van der Waals surface area contributed by atoms with Gasteiger partial charge in [0.25, 0.3) is 0 Å². The summed E-state index contributed by atoms with van der Waals surface area (Å²) in [6.45, 7) is 5.08. The summed E-state index contributed by atoms with van der Waals surface area (Å²) < 4.78 is 10.1. The first-order chi connectivity index (χ1) is 6.72. The van der Waals surface area contributed by atoms with E-state index in [1.165, 1.54) is 11.8 Å². The molecule has 0 unspecified atom stereocenters. The van der Waals surface area contributed by atoms with E-state index in [9.17, 15) is 4.57 Å². The summed E-state index contributed by atoms with van der Waals surface area (Å²) in [5.74, 6) is 0. The molecule has 0 aromatic heterocycles. The average molecular weight is 246 g/mol. The van der Waals surface area contributed by atoms with Gasteiger partial charge in [-0.25, -0.2) is 0 Å². The van der Waals surface area contributed by atoms with E-state index < -0.39 is 12.1 Å². The molecule has 0 radical (unpaired) electrons. The summed E-state index contributed by atoms with van der Waals surface area (Å²) in [6, 6.07) is 7.60. The molecule has 2 N–H and O–H groups in total. The van der Waals surface area contributed by atoms with Gasteiger partial charge in [-0.15, -0.1) is 11.8 Å². The van der Waals surface area contributed by atoms with Gasteiger partial charge in [0.05, 0.1) is 0 Å². The largest absolute Gasteiger partial charge is 0.341 e. The Hall–Kier alpha value is -0.280. The van der Waals surface area contributed by atoms with E-state index in [2.05, 4.69) is 0 Å². The molecule has 0 fully saturated rings. The van der Waals surface area contributed by atoms with Crippen molar-refractivity contribution in [3.63, 3.8) is 0 Å². The van der Waals surface area contributed by atoms with E-state index in [-0.39, 0.29) is 0 Å². The quantitative estimate of drug-likeness (QED) is 0.636. The smallest absolute Gasteiger partial charge is 0.323 e. The molecular formula is C10H15O3PS. The molecule has 1 rings (SSSR count). The second-order valence-corrected chi connectivity index (χ2v) is 8.11. The van der Waals surface area contributed by atoms with Crippen LogP contribution in [0.5, 0.6) is 0 Å². The molecule has 0 aliphatic carbocycles. The van der Waals surface area contributed by atoms with Crippen molar-refractivity contribution in [1.82, 2.24) is 0 Å². The Kier molecular flexibility index (Phi) is 3.67. The van der Waals surface area contributed by atoms with Crippen LogP contribution in [-0.2, 0) is 4.57 Å². The van der Waals surface area contributed by atoms with Gasteiger partial charge in [0.2, 0.25) is 0 Å². The second kappa shape index (κ2) is 4.30. The van der Waals surface area contributed by atoms with Crippen LogP contribution >= 0.6 is 19.4 Å². The molecule has 0 saturated carbocycles. The van der Waals surface area contributed by atoms with Gasteiger partial charge in [0.1, 0.15) is 4.49 Å². The third-order valence-corrected chi connectivity index (χ3v) is 5.49. The zero-order valence-corrected chi connectivity index (χ0v) is 10.7. The fraction of sp³-hybridized carbons (Fsp3) is 0.400. The maximum absolute atomic E-state index is 11.2. The number of rotatable bonds is 3. The molecule has 0 atom stereocenters. The van der Waals surface area contributed by atoms with E-state index >= 15 is 0 Å². The highest BCUT2D eigenvalue weighted by atomic mass is 32.2. The normalized spacial score (nSPS) is 12.9. The number of hydrogen-bond donors (Lipinski definition) is 2. The van der Waals surface area contributed by atoms with Crippen LogP contribution in [0.3, 0.4) is 0 Å².